The molecule has 0 bridgehead atoms. The number of anilines is 1. The Morgan fingerprint density at radius 1 is 1.42 bits per heavy atom. The summed E-state index contributed by atoms with van der Waals surface area (Å²) in [5.74, 6) is 0. The van der Waals surface area contributed by atoms with E-state index in [2.05, 4.69) is 5.32 Å². The van der Waals surface area contributed by atoms with Gasteiger partial charge in [0, 0.05) is 12.2 Å². The second-order valence-corrected chi connectivity index (χ2v) is 4.15. The number of nitriles is 1. The van der Waals surface area contributed by atoms with E-state index in [0.29, 0.717) is 19.4 Å². The van der Waals surface area contributed by atoms with Crippen molar-refractivity contribution in [1.82, 2.24) is 0 Å². The highest BCUT2D eigenvalue weighted by atomic mass is 19.4. The zero-order valence-electron chi connectivity index (χ0n) is 10.5. The molecule has 0 saturated carbocycles. The molecule has 0 radical (unpaired) electrons. The molecular weight excluding hydrogens is 257 g/mol. The summed E-state index contributed by atoms with van der Waals surface area (Å²) in [6.45, 7) is 2.20. The van der Waals surface area contributed by atoms with Crippen LogP contribution in [-0.2, 0) is 6.18 Å². The largest absolute Gasteiger partial charge is 0.417 e. The van der Waals surface area contributed by atoms with Crippen LogP contribution in [0.15, 0.2) is 18.2 Å². The van der Waals surface area contributed by atoms with Gasteiger partial charge in [-0.2, -0.15) is 18.4 Å². The molecule has 1 atom stereocenters. The molecule has 0 saturated heterocycles. The summed E-state index contributed by atoms with van der Waals surface area (Å²) in [7, 11) is 0. The van der Waals surface area contributed by atoms with Crippen LogP contribution in [-0.4, -0.2) is 17.8 Å². The topological polar surface area (TPSA) is 56.0 Å². The summed E-state index contributed by atoms with van der Waals surface area (Å²) in [4.78, 5) is 0. The molecule has 3 nitrogen and oxygen atoms in total. The van der Waals surface area contributed by atoms with Gasteiger partial charge in [-0.15, -0.1) is 0 Å². The van der Waals surface area contributed by atoms with Gasteiger partial charge < -0.3 is 10.4 Å². The van der Waals surface area contributed by atoms with Crippen molar-refractivity contribution < 1.29 is 18.3 Å². The zero-order chi connectivity index (χ0) is 14.5. The van der Waals surface area contributed by atoms with Gasteiger partial charge in [0.05, 0.1) is 23.3 Å². The van der Waals surface area contributed by atoms with E-state index in [0.717, 1.165) is 12.1 Å². The number of nitrogens with one attached hydrogen (secondary N) is 1. The van der Waals surface area contributed by atoms with E-state index >= 15 is 0 Å². The minimum Gasteiger partial charge on any atom is -0.393 e. The third-order valence-electron chi connectivity index (χ3n) is 2.72. The number of rotatable bonds is 5. The molecule has 1 aromatic carbocycles. The molecule has 104 valence electrons. The van der Waals surface area contributed by atoms with Gasteiger partial charge in [0.2, 0.25) is 0 Å². The van der Waals surface area contributed by atoms with Gasteiger partial charge in [-0.3, -0.25) is 0 Å². The number of hydrogen-bond acceptors (Lipinski definition) is 3. The van der Waals surface area contributed by atoms with E-state index in [-0.39, 0.29) is 5.69 Å². The van der Waals surface area contributed by atoms with Crippen LogP contribution < -0.4 is 5.32 Å². The van der Waals surface area contributed by atoms with Gasteiger partial charge >= 0.3 is 6.18 Å². The molecule has 0 fully saturated rings. The van der Waals surface area contributed by atoms with Crippen molar-refractivity contribution in [3.05, 3.63) is 29.3 Å². The van der Waals surface area contributed by atoms with Crippen molar-refractivity contribution in [2.24, 2.45) is 0 Å². The van der Waals surface area contributed by atoms with Gasteiger partial charge in [0.25, 0.3) is 0 Å². The summed E-state index contributed by atoms with van der Waals surface area (Å²) >= 11 is 0. The number of aliphatic hydroxyl groups is 1. The normalized spacial score (nSPS) is 12.8. The highest BCUT2D eigenvalue weighted by molar-refractivity contribution is 5.53. The van der Waals surface area contributed by atoms with Crippen LogP contribution in [0.3, 0.4) is 0 Å². The maximum Gasteiger partial charge on any atom is 0.417 e. The third-order valence-corrected chi connectivity index (χ3v) is 2.72. The molecule has 2 N–H and O–H groups in total. The van der Waals surface area contributed by atoms with Crippen molar-refractivity contribution in [2.75, 3.05) is 11.9 Å². The van der Waals surface area contributed by atoms with E-state index in [1.807, 2.05) is 6.92 Å². The molecule has 0 aromatic heterocycles. The lowest BCUT2D eigenvalue weighted by atomic mass is 10.1. The second kappa shape index (κ2) is 6.43. The Hall–Kier alpha value is -1.74. The molecule has 0 spiro atoms. The number of nitrogens with zero attached hydrogens (tertiary/aromatic N) is 1. The van der Waals surface area contributed by atoms with Crippen LogP contribution in [0, 0.1) is 11.3 Å². The Morgan fingerprint density at radius 2 is 2.11 bits per heavy atom. The first-order chi connectivity index (χ1) is 8.88. The molecule has 1 unspecified atom stereocenters. The minimum absolute atomic E-state index is 0.287. The molecule has 19 heavy (non-hydrogen) atoms. The zero-order valence-corrected chi connectivity index (χ0v) is 10.5. The van der Waals surface area contributed by atoms with Crippen LogP contribution in [0.25, 0.3) is 0 Å². The van der Waals surface area contributed by atoms with Crippen molar-refractivity contribution in [3.63, 3.8) is 0 Å². The van der Waals surface area contributed by atoms with Crippen LogP contribution >= 0.6 is 0 Å². The summed E-state index contributed by atoms with van der Waals surface area (Å²) in [6.07, 6.45) is -3.96. The molecule has 1 rings (SSSR count). The van der Waals surface area contributed by atoms with E-state index < -0.39 is 23.4 Å². The number of halogens is 3. The predicted octanol–water partition coefficient (Wildman–Crippen LogP) is 3.15. The first kappa shape index (κ1) is 15.3. The maximum absolute atomic E-state index is 12.7. The summed E-state index contributed by atoms with van der Waals surface area (Å²) in [5, 5.41) is 20.8. The van der Waals surface area contributed by atoms with Crippen LogP contribution in [0.5, 0.6) is 0 Å². The summed E-state index contributed by atoms with van der Waals surface area (Å²) < 4.78 is 38.1. The molecule has 0 aliphatic rings. The fourth-order valence-corrected chi connectivity index (χ4v) is 1.57. The van der Waals surface area contributed by atoms with Crippen molar-refractivity contribution in [3.8, 4) is 6.07 Å². The molecule has 0 aliphatic carbocycles. The fourth-order valence-electron chi connectivity index (χ4n) is 1.57. The van der Waals surface area contributed by atoms with E-state index in [1.165, 1.54) is 12.1 Å². The number of hydrogen-bond donors (Lipinski definition) is 2. The average Bonchev–Trinajstić information content (AvgIpc) is 2.37. The number of alkyl halides is 3. The first-order valence-electron chi connectivity index (χ1n) is 5.91. The summed E-state index contributed by atoms with van der Waals surface area (Å²) in [6, 6.07) is 5.00. The van der Waals surface area contributed by atoms with Gasteiger partial charge in [-0.1, -0.05) is 6.92 Å². The molecule has 0 heterocycles. The Balaban J connectivity index is 2.80. The molecule has 0 amide bonds. The van der Waals surface area contributed by atoms with Crippen LogP contribution in [0.2, 0.25) is 0 Å². The van der Waals surface area contributed by atoms with Gasteiger partial charge in [0.1, 0.15) is 0 Å². The van der Waals surface area contributed by atoms with E-state index in [1.54, 1.807) is 0 Å². The van der Waals surface area contributed by atoms with Crippen molar-refractivity contribution in [2.45, 2.75) is 32.0 Å². The predicted molar refractivity (Wildman–Crippen MR) is 65.6 cm³/mol. The second-order valence-electron chi connectivity index (χ2n) is 4.15. The van der Waals surface area contributed by atoms with Gasteiger partial charge in [-0.05, 0) is 31.0 Å². The third kappa shape index (κ3) is 4.45. The smallest absolute Gasteiger partial charge is 0.393 e. The van der Waals surface area contributed by atoms with Crippen molar-refractivity contribution in [1.29, 1.82) is 5.26 Å². The van der Waals surface area contributed by atoms with E-state index in [9.17, 15) is 18.3 Å². The quantitative estimate of drug-likeness (QED) is 0.865. The van der Waals surface area contributed by atoms with Crippen LogP contribution in [0.1, 0.15) is 30.9 Å². The monoisotopic (exact) mass is 272 g/mol. The number of aliphatic hydroxyl groups excluding tert-OH is 1. The Bertz CT molecular complexity index is 466. The SMILES string of the molecule is CCC(O)CCNc1ccc(C#N)c(C(F)(F)F)c1. The standard InChI is InChI=1S/C13H15F3N2O/c1-2-11(19)5-6-18-10-4-3-9(8-17)12(7-10)13(14,15)16/h3-4,7,11,18-19H,2,5-6H2,1H3. The van der Waals surface area contributed by atoms with E-state index in [4.69, 9.17) is 5.26 Å². The highest BCUT2D eigenvalue weighted by Crippen LogP contribution is 2.33. The summed E-state index contributed by atoms with van der Waals surface area (Å²) in [5.41, 5.74) is -1.06. The van der Waals surface area contributed by atoms with Gasteiger partial charge in [-0.25, -0.2) is 0 Å². The average molecular weight is 272 g/mol. The lowest BCUT2D eigenvalue weighted by molar-refractivity contribution is -0.137. The Kier molecular flexibility index (Phi) is 5.19. The molecular formula is C13H15F3N2O. The molecule has 1 aromatic rings. The number of benzene rings is 1. The minimum atomic E-state index is -4.55. The Morgan fingerprint density at radius 3 is 2.63 bits per heavy atom. The van der Waals surface area contributed by atoms with Crippen LogP contribution in [0.4, 0.5) is 18.9 Å². The highest BCUT2D eigenvalue weighted by Gasteiger charge is 2.33. The van der Waals surface area contributed by atoms with Crippen molar-refractivity contribution >= 4 is 5.69 Å². The Labute approximate surface area is 109 Å². The molecule has 0 aliphatic heterocycles. The molecule has 6 heteroatoms. The first-order valence-corrected chi connectivity index (χ1v) is 5.91. The maximum atomic E-state index is 12.7. The lowest BCUT2D eigenvalue weighted by Crippen LogP contribution is -2.13. The lowest BCUT2D eigenvalue weighted by Gasteiger charge is -2.13. The fraction of sp³-hybridized carbons (Fsp3) is 0.462. The van der Waals surface area contributed by atoms with Gasteiger partial charge in [0.15, 0.2) is 0 Å².